The van der Waals surface area contributed by atoms with Crippen molar-refractivity contribution >= 4 is 11.7 Å². The summed E-state index contributed by atoms with van der Waals surface area (Å²) in [6.07, 6.45) is -0.372. The maximum atomic E-state index is 10.8. The molecule has 0 spiro atoms. The fraction of sp³-hybridized carbons (Fsp3) is 0.500. The Kier molecular flexibility index (Phi) is 4.20. The lowest BCUT2D eigenvalue weighted by molar-refractivity contribution is -0.140. The van der Waals surface area contributed by atoms with E-state index in [4.69, 9.17) is 9.84 Å². The van der Waals surface area contributed by atoms with Gasteiger partial charge in [0.1, 0.15) is 6.07 Å². The molecular weight excluding hydrogens is 258 g/mol. The molecule has 0 radical (unpaired) electrons. The van der Waals surface area contributed by atoms with Crippen molar-refractivity contribution in [1.29, 1.82) is 5.26 Å². The minimum atomic E-state index is -0.876. The molecule has 0 aliphatic carbocycles. The predicted molar refractivity (Wildman–Crippen MR) is 72.6 cm³/mol. The van der Waals surface area contributed by atoms with Crippen molar-refractivity contribution in [2.75, 3.05) is 24.6 Å². The van der Waals surface area contributed by atoms with Gasteiger partial charge in [-0.05, 0) is 19.9 Å². The molecule has 0 saturated carbocycles. The van der Waals surface area contributed by atoms with Crippen molar-refractivity contribution in [3.05, 3.63) is 23.0 Å². The molecule has 2 rings (SSSR count). The fourth-order valence-electron chi connectivity index (χ4n) is 2.45. The van der Waals surface area contributed by atoms with Gasteiger partial charge in [-0.2, -0.15) is 5.26 Å². The van der Waals surface area contributed by atoms with Crippen molar-refractivity contribution < 1.29 is 14.6 Å². The van der Waals surface area contributed by atoms with Crippen molar-refractivity contribution in [2.45, 2.75) is 26.4 Å². The number of hydrogen-bond donors (Lipinski definition) is 1. The van der Waals surface area contributed by atoms with Crippen molar-refractivity contribution in [3.8, 4) is 6.07 Å². The number of carboxylic acid groups (broad SMARTS) is 1. The summed E-state index contributed by atoms with van der Waals surface area (Å²) in [5.41, 5.74) is 2.91. The number of aryl methyl sites for hydroxylation is 2. The molecule has 6 heteroatoms. The van der Waals surface area contributed by atoms with E-state index in [2.05, 4.69) is 11.1 Å². The first-order chi connectivity index (χ1) is 9.51. The maximum absolute atomic E-state index is 10.8. The number of nitrogens with zero attached hydrogens (tertiary/aromatic N) is 3. The van der Waals surface area contributed by atoms with Crippen LogP contribution in [-0.2, 0) is 9.53 Å². The van der Waals surface area contributed by atoms with E-state index in [0.29, 0.717) is 31.0 Å². The number of rotatable bonds is 3. The summed E-state index contributed by atoms with van der Waals surface area (Å²) in [6.45, 7) is 5.28. The number of nitriles is 1. The summed E-state index contributed by atoms with van der Waals surface area (Å²) >= 11 is 0. The van der Waals surface area contributed by atoms with Gasteiger partial charge in [-0.3, -0.25) is 9.78 Å². The number of carboxylic acids is 1. The third-order valence-electron chi connectivity index (χ3n) is 3.30. The molecule has 0 aromatic carbocycles. The van der Waals surface area contributed by atoms with Gasteiger partial charge in [-0.25, -0.2) is 0 Å². The van der Waals surface area contributed by atoms with Gasteiger partial charge in [0.25, 0.3) is 0 Å². The Bertz CT molecular complexity index is 566. The van der Waals surface area contributed by atoms with Crippen LogP contribution in [0.15, 0.2) is 6.07 Å². The van der Waals surface area contributed by atoms with Crippen LogP contribution >= 0.6 is 0 Å². The zero-order valence-corrected chi connectivity index (χ0v) is 11.6. The van der Waals surface area contributed by atoms with Gasteiger partial charge in [-0.15, -0.1) is 0 Å². The SMILES string of the molecule is Cc1cc(N2CCOC(CC(=O)O)C2)c(C#N)c(C)n1. The number of hydrogen-bond acceptors (Lipinski definition) is 5. The molecule has 20 heavy (non-hydrogen) atoms. The first-order valence-electron chi connectivity index (χ1n) is 6.48. The van der Waals surface area contributed by atoms with Crippen LogP contribution in [0.5, 0.6) is 0 Å². The van der Waals surface area contributed by atoms with Crippen LogP contribution in [0.2, 0.25) is 0 Å². The molecule has 2 heterocycles. The average Bonchev–Trinajstić information content (AvgIpc) is 2.37. The van der Waals surface area contributed by atoms with E-state index in [1.165, 1.54) is 0 Å². The van der Waals surface area contributed by atoms with Crippen LogP contribution in [0.3, 0.4) is 0 Å². The fourth-order valence-corrected chi connectivity index (χ4v) is 2.45. The van der Waals surface area contributed by atoms with Crippen LogP contribution in [0.4, 0.5) is 5.69 Å². The van der Waals surface area contributed by atoms with Crippen LogP contribution in [0.1, 0.15) is 23.4 Å². The number of carbonyl (C=O) groups is 1. The number of anilines is 1. The largest absolute Gasteiger partial charge is 0.481 e. The summed E-state index contributed by atoms with van der Waals surface area (Å²) in [6, 6.07) is 4.05. The monoisotopic (exact) mass is 275 g/mol. The van der Waals surface area contributed by atoms with Gasteiger partial charge in [0.2, 0.25) is 0 Å². The molecule has 1 fully saturated rings. The van der Waals surface area contributed by atoms with Gasteiger partial charge in [0.15, 0.2) is 0 Å². The average molecular weight is 275 g/mol. The van der Waals surface area contributed by atoms with E-state index < -0.39 is 5.97 Å². The van der Waals surface area contributed by atoms with Gasteiger partial charge >= 0.3 is 5.97 Å². The lowest BCUT2D eigenvalue weighted by Crippen LogP contribution is -2.43. The Labute approximate surface area is 117 Å². The van der Waals surface area contributed by atoms with Crippen LogP contribution in [0, 0.1) is 25.2 Å². The minimum absolute atomic E-state index is 0.0264. The number of morpholine rings is 1. The van der Waals surface area contributed by atoms with Crippen molar-refractivity contribution in [2.24, 2.45) is 0 Å². The highest BCUT2D eigenvalue weighted by atomic mass is 16.5. The second kappa shape index (κ2) is 5.88. The molecule has 6 nitrogen and oxygen atoms in total. The van der Waals surface area contributed by atoms with Gasteiger partial charge in [0, 0.05) is 18.8 Å². The second-order valence-corrected chi connectivity index (χ2v) is 4.89. The molecule has 1 aliphatic heterocycles. The van der Waals surface area contributed by atoms with Crippen LogP contribution < -0.4 is 4.90 Å². The zero-order chi connectivity index (χ0) is 14.7. The van der Waals surface area contributed by atoms with Gasteiger partial charge < -0.3 is 14.7 Å². The van der Waals surface area contributed by atoms with Crippen molar-refractivity contribution in [1.82, 2.24) is 4.98 Å². The molecule has 0 amide bonds. The number of pyridine rings is 1. The smallest absolute Gasteiger partial charge is 0.306 e. The Morgan fingerprint density at radius 3 is 3.05 bits per heavy atom. The molecule has 1 unspecified atom stereocenters. The lowest BCUT2D eigenvalue weighted by Gasteiger charge is -2.34. The molecular formula is C14H17N3O3. The predicted octanol–water partition coefficient (Wildman–Crippen LogP) is 1.25. The quantitative estimate of drug-likeness (QED) is 0.893. The first-order valence-corrected chi connectivity index (χ1v) is 6.48. The third kappa shape index (κ3) is 3.06. The summed E-state index contributed by atoms with van der Waals surface area (Å²) in [7, 11) is 0. The number of ether oxygens (including phenoxy) is 1. The first kappa shape index (κ1) is 14.3. The van der Waals surface area contributed by atoms with Crippen molar-refractivity contribution in [3.63, 3.8) is 0 Å². The number of aliphatic carboxylic acids is 1. The molecule has 1 aliphatic rings. The van der Waals surface area contributed by atoms with Gasteiger partial charge in [0.05, 0.1) is 36.1 Å². The summed E-state index contributed by atoms with van der Waals surface area (Å²) in [5.74, 6) is -0.876. The van der Waals surface area contributed by atoms with E-state index in [-0.39, 0.29) is 12.5 Å². The van der Waals surface area contributed by atoms with E-state index in [1.54, 1.807) is 0 Å². The Hall–Kier alpha value is -2.13. The Morgan fingerprint density at radius 1 is 1.65 bits per heavy atom. The molecule has 1 aromatic rings. The lowest BCUT2D eigenvalue weighted by atomic mass is 10.1. The zero-order valence-electron chi connectivity index (χ0n) is 11.6. The topological polar surface area (TPSA) is 86.5 Å². The highest BCUT2D eigenvalue weighted by Gasteiger charge is 2.25. The highest BCUT2D eigenvalue weighted by molar-refractivity contribution is 5.68. The maximum Gasteiger partial charge on any atom is 0.306 e. The Morgan fingerprint density at radius 2 is 2.40 bits per heavy atom. The molecule has 0 bridgehead atoms. The molecule has 1 N–H and O–H groups in total. The van der Waals surface area contributed by atoms with E-state index in [9.17, 15) is 10.1 Å². The molecule has 1 saturated heterocycles. The van der Waals surface area contributed by atoms with Crippen LogP contribution in [-0.4, -0.2) is 41.9 Å². The van der Waals surface area contributed by atoms with E-state index in [0.717, 1.165) is 11.4 Å². The van der Waals surface area contributed by atoms with Gasteiger partial charge in [-0.1, -0.05) is 0 Å². The van der Waals surface area contributed by atoms with E-state index in [1.807, 2.05) is 24.8 Å². The minimum Gasteiger partial charge on any atom is -0.481 e. The summed E-state index contributed by atoms with van der Waals surface area (Å²) in [5, 5.41) is 18.1. The standard InChI is InChI=1S/C14H17N3O3/c1-9-5-13(12(7-15)10(2)16-9)17-3-4-20-11(8-17)6-14(18)19/h5,11H,3-4,6,8H2,1-2H3,(H,18,19). The summed E-state index contributed by atoms with van der Waals surface area (Å²) < 4.78 is 5.45. The molecule has 1 aromatic heterocycles. The molecule has 106 valence electrons. The second-order valence-electron chi connectivity index (χ2n) is 4.89. The highest BCUT2D eigenvalue weighted by Crippen LogP contribution is 2.25. The molecule has 1 atom stereocenters. The Balaban J connectivity index is 2.27. The van der Waals surface area contributed by atoms with Crippen LogP contribution in [0.25, 0.3) is 0 Å². The number of aromatic nitrogens is 1. The van der Waals surface area contributed by atoms with E-state index >= 15 is 0 Å². The third-order valence-corrected chi connectivity index (χ3v) is 3.30. The normalized spacial score (nSPS) is 18.6. The summed E-state index contributed by atoms with van der Waals surface area (Å²) in [4.78, 5) is 17.1.